The fourth-order valence-electron chi connectivity index (χ4n) is 3.10. The zero-order valence-corrected chi connectivity index (χ0v) is 19.4. The van der Waals surface area contributed by atoms with Crippen LogP contribution in [0.2, 0.25) is 0 Å². The van der Waals surface area contributed by atoms with Crippen LogP contribution in [-0.4, -0.2) is 27.6 Å². The summed E-state index contributed by atoms with van der Waals surface area (Å²) in [4.78, 5) is 14.5. The molecule has 0 aliphatic carbocycles. The second kappa shape index (κ2) is 10.0. The Labute approximate surface area is 195 Å². The highest BCUT2D eigenvalue weighted by atomic mass is 32.2. The van der Waals surface area contributed by atoms with Crippen molar-refractivity contribution >= 4 is 41.2 Å². The predicted molar refractivity (Wildman–Crippen MR) is 131 cm³/mol. The molecule has 7 heteroatoms. The van der Waals surface area contributed by atoms with Gasteiger partial charge in [0.15, 0.2) is 8.29 Å². The summed E-state index contributed by atoms with van der Waals surface area (Å²) in [6.07, 6.45) is 0. The van der Waals surface area contributed by atoms with E-state index in [-0.39, 0.29) is 5.91 Å². The van der Waals surface area contributed by atoms with Gasteiger partial charge in [-0.1, -0.05) is 83.8 Å². The summed E-state index contributed by atoms with van der Waals surface area (Å²) in [5.74, 6) is 0.834. The molecule has 0 saturated heterocycles. The van der Waals surface area contributed by atoms with E-state index in [1.807, 2.05) is 79.8 Å². The van der Waals surface area contributed by atoms with E-state index in [1.54, 1.807) is 21.3 Å². The maximum Gasteiger partial charge on any atom is 0.253 e. The van der Waals surface area contributed by atoms with E-state index in [2.05, 4.69) is 17.2 Å². The van der Waals surface area contributed by atoms with Crippen LogP contribution in [-0.2, 0) is 12.3 Å². The zero-order valence-electron chi connectivity index (χ0n) is 17.0. The van der Waals surface area contributed by atoms with E-state index in [1.165, 1.54) is 16.9 Å². The van der Waals surface area contributed by atoms with Gasteiger partial charge in [0.05, 0.1) is 5.69 Å². The Bertz CT molecular complexity index is 1200. The summed E-state index contributed by atoms with van der Waals surface area (Å²) in [5.41, 5.74) is 3.85. The molecule has 1 heterocycles. The van der Waals surface area contributed by atoms with Crippen molar-refractivity contribution in [2.75, 3.05) is 7.05 Å². The molecule has 31 heavy (non-hydrogen) atoms. The Morgan fingerprint density at radius 1 is 0.968 bits per heavy atom. The van der Waals surface area contributed by atoms with Gasteiger partial charge in [0.1, 0.15) is 0 Å². The van der Waals surface area contributed by atoms with Gasteiger partial charge in [0, 0.05) is 24.9 Å². The van der Waals surface area contributed by atoms with Crippen molar-refractivity contribution < 1.29 is 4.79 Å². The monoisotopic (exact) mass is 463 g/mol. The number of thioether (sulfide) groups is 1. The molecular weight excluding hydrogens is 442 g/mol. The van der Waals surface area contributed by atoms with Crippen molar-refractivity contribution in [2.45, 2.75) is 16.6 Å². The average Bonchev–Trinajstić information content (AvgIpc) is 3.19. The molecule has 0 bridgehead atoms. The number of hydrogen-bond acceptors (Lipinski definition) is 5. The lowest BCUT2D eigenvalue weighted by molar-refractivity contribution is 0.0785. The van der Waals surface area contributed by atoms with Crippen molar-refractivity contribution in [3.63, 3.8) is 0 Å². The molecule has 0 N–H and O–H groups in total. The summed E-state index contributed by atoms with van der Waals surface area (Å²) >= 11 is 8.69. The minimum atomic E-state index is -0.0172. The van der Waals surface area contributed by atoms with Gasteiger partial charge in [-0.05, 0) is 47.6 Å². The summed E-state index contributed by atoms with van der Waals surface area (Å²) in [6, 6.07) is 27.7. The Morgan fingerprint density at radius 2 is 1.58 bits per heavy atom. The zero-order chi connectivity index (χ0) is 21.6. The highest BCUT2D eigenvalue weighted by molar-refractivity contribution is 8.00. The van der Waals surface area contributed by atoms with Crippen LogP contribution < -0.4 is 0 Å². The van der Waals surface area contributed by atoms with Crippen molar-refractivity contribution in [2.24, 2.45) is 0 Å². The van der Waals surface area contributed by atoms with Gasteiger partial charge in [-0.2, -0.15) is 0 Å². The average molecular weight is 464 g/mol. The molecule has 0 atom stereocenters. The molecule has 0 unspecified atom stereocenters. The molecule has 1 amide bonds. The number of aromatic nitrogens is 2. The number of rotatable bonds is 7. The summed E-state index contributed by atoms with van der Waals surface area (Å²) < 4.78 is 3.38. The van der Waals surface area contributed by atoms with Crippen molar-refractivity contribution in [1.82, 2.24) is 14.7 Å². The van der Waals surface area contributed by atoms with Crippen molar-refractivity contribution in [3.05, 3.63) is 106 Å². The van der Waals surface area contributed by atoms with Gasteiger partial charge in [0.2, 0.25) is 0 Å². The molecule has 0 fully saturated rings. The van der Waals surface area contributed by atoms with Gasteiger partial charge in [-0.25, -0.2) is 4.68 Å². The summed E-state index contributed by atoms with van der Waals surface area (Å²) in [6.45, 7) is 0.570. The lowest BCUT2D eigenvalue weighted by atomic mass is 10.1. The second-order valence-corrected chi connectivity index (χ2v) is 9.86. The number of hydrogen-bond donors (Lipinski definition) is 0. The molecule has 3 aromatic carbocycles. The lowest BCUT2D eigenvalue weighted by Gasteiger charge is -2.17. The number of carbonyl (C=O) groups excluding carboxylic acids is 1. The number of nitrogens with zero attached hydrogens (tertiary/aromatic N) is 3. The van der Waals surface area contributed by atoms with Crippen LogP contribution in [0.4, 0.5) is 0 Å². The van der Waals surface area contributed by atoms with Gasteiger partial charge in [-0.3, -0.25) is 4.79 Å². The maximum absolute atomic E-state index is 12.8. The normalized spacial score (nSPS) is 10.7. The lowest BCUT2D eigenvalue weighted by Crippen LogP contribution is -2.26. The first-order valence-electron chi connectivity index (χ1n) is 9.77. The van der Waals surface area contributed by atoms with Gasteiger partial charge >= 0.3 is 0 Å². The number of benzene rings is 3. The fraction of sp³-hybridized carbons (Fsp3) is 0.125. The molecule has 0 aliphatic heterocycles. The first-order valence-corrected chi connectivity index (χ1v) is 12.0. The third kappa shape index (κ3) is 5.50. The Balaban J connectivity index is 1.43. The molecule has 0 saturated carbocycles. The van der Waals surface area contributed by atoms with Crippen LogP contribution in [0.3, 0.4) is 0 Å². The minimum absolute atomic E-state index is 0.0172. The highest BCUT2D eigenvalue weighted by Crippen LogP contribution is 2.27. The molecule has 0 aliphatic rings. The third-order valence-electron chi connectivity index (χ3n) is 4.70. The largest absolute Gasteiger partial charge is 0.337 e. The van der Waals surface area contributed by atoms with Crippen LogP contribution in [0.15, 0.2) is 89.3 Å². The van der Waals surface area contributed by atoms with Crippen LogP contribution >= 0.6 is 35.3 Å². The topological polar surface area (TPSA) is 38.1 Å². The molecule has 1 aromatic heterocycles. The molecule has 156 valence electrons. The van der Waals surface area contributed by atoms with Crippen molar-refractivity contribution in [3.8, 4) is 5.69 Å². The quantitative estimate of drug-likeness (QED) is 0.241. The molecule has 0 spiro atoms. The molecule has 4 nitrogen and oxygen atoms in total. The van der Waals surface area contributed by atoms with Gasteiger partial charge in [-0.15, -0.1) is 5.10 Å². The Hall–Kier alpha value is -2.74. The second-order valence-electron chi connectivity index (χ2n) is 7.01. The highest BCUT2D eigenvalue weighted by Gasteiger charge is 2.13. The van der Waals surface area contributed by atoms with E-state index >= 15 is 0 Å². The smallest absolute Gasteiger partial charge is 0.253 e. The summed E-state index contributed by atoms with van der Waals surface area (Å²) in [7, 11) is 1.82. The van der Waals surface area contributed by atoms with Crippen LogP contribution in [0.25, 0.3) is 5.69 Å². The van der Waals surface area contributed by atoms with E-state index in [0.29, 0.717) is 16.1 Å². The van der Waals surface area contributed by atoms with Crippen LogP contribution in [0.1, 0.15) is 21.5 Å². The van der Waals surface area contributed by atoms with E-state index in [4.69, 9.17) is 12.2 Å². The first kappa shape index (κ1) is 21.5. The minimum Gasteiger partial charge on any atom is -0.337 e. The van der Waals surface area contributed by atoms with Gasteiger partial charge < -0.3 is 4.90 Å². The van der Waals surface area contributed by atoms with E-state index in [0.717, 1.165) is 21.3 Å². The van der Waals surface area contributed by atoms with Crippen LogP contribution in [0, 0.1) is 3.95 Å². The van der Waals surface area contributed by atoms with Crippen molar-refractivity contribution in [1.29, 1.82) is 0 Å². The molecule has 0 radical (unpaired) electrons. The number of carbonyl (C=O) groups is 1. The first-order chi connectivity index (χ1) is 15.1. The maximum atomic E-state index is 12.8. The molecule has 4 rings (SSSR count). The Morgan fingerprint density at radius 3 is 2.23 bits per heavy atom. The van der Waals surface area contributed by atoms with E-state index < -0.39 is 0 Å². The van der Waals surface area contributed by atoms with Gasteiger partial charge in [0.25, 0.3) is 5.91 Å². The number of amides is 1. The standard InChI is InChI=1S/C24H21N3OS3/c1-26(16-18-8-4-2-5-9-18)22(28)20-12-14-21(15-13-20)27-24(29)31-23(25-27)30-17-19-10-6-3-7-11-19/h2-15H,16-17H2,1H3. The SMILES string of the molecule is CN(Cc1ccccc1)C(=O)c1ccc(-n2nc(SCc3ccccc3)sc2=S)cc1. The summed E-state index contributed by atoms with van der Waals surface area (Å²) in [5, 5.41) is 4.66. The molecule has 4 aromatic rings. The van der Waals surface area contributed by atoms with E-state index in [9.17, 15) is 4.79 Å². The fourth-order valence-corrected chi connectivity index (χ4v) is 5.41. The Kier molecular flexibility index (Phi) is 6.96. The third-order valence-corrected chi connectivity index (χ3v) is 7.14. The van der Waals surface area contributed by atoms with Crippen LogP contribution in [0.5, 0.6) is 0 Å². The predicted octanol–water partition coefficient (Wildman–Crippen LogP) is 6.23. The molecular formula is C24H21N3OS3.